The molecule has 3 atom stereocenters. The number of fused-ring (bicyclic) bond motifs is 2. The molecule has 1 aliphatic rings. The first-order valence-corrected chi connectivity index (χ1v) is 14.5. The molecule has 4 amide bonds. The number of ether oxygens (including phenoxy) is 1. The van der Waals surface area contributed by atoms with Gasteiger partial charge in [-0.1, -0.05) is 25.1 Å². The van der Waals surface area contributed by atoms with E-state index >= 15 is 0 Å². The molecule has 0 saturated heterocycles. The first kappa shape index (κ1) is 30.9. The number of aryl methyl sites for hydroxylation is 1. The number of anilines is 1. The summed E-state index contributed by atoms with van der Waals surface area (Å²) in [6.07, 6.45) is 1.81. The van der Waals surface area contributed by atoms with Crippen LogP contribution in [0.25, 0.3) is 10.9 Å². The maximum Gasteiger partial charge on any atom is 0.317 e. The number of amides is 4. The van der Waals surface area contributed by atoms with Crippen molar-refractivity contribution in [2.45, 2.75) is 58.7 Å². The number of aliphatic hydroxyl groups is 1. The van der Waals surface area contributed by atoms with Gasteiger partial charge in [-0.15, -0.1) is 0 Å². The zero-order valence-corrected chi connectivity index (χ0v) is 25.4. The summed E-state index contributed by atoms with van der Waals surface area (Å²) in [5.74, 6) is 0.0900. The van der Waals surface area contributed by atoms with Crippen LogP contribution in [0.2, 0.25) is 0 Å². The van der Waals surface area contributed by atoms with E-state index < -0.39 is 6.10 Å². The van der Waals surface area contributed by atoms with Crippen LogP contribution in [-0.4, -0.2) is 82.3 Å². The first-order valence-electron chi connectivity index (χ1n) is 14.5. The molecular weight excluding hydrogens is 534 g/mol. The van der Waals surface area contributed by atoms with Gasteiger partial charge in [0.05, 0.1) is 32.0 Å². The average Bonchev–Trinajstić information content (AvgIpc) is 3.27. The van der Waals surface area contributed by atoms with Gasteiger partial charge < -0.3 is 34.8 Å². The lowest BCUT2D eigenvalue weighted by molar-refractivity contribution is -0.134. The van der Waals surface area contributed by atoms with Crippen LogP contribution in [-0.2, 0) is 29.5 Å². The lowest BCUT2D eigenvalue weighted by atomic mass is 10.0. The average molecular weight is 578 g/mol. The molecule has 10 nitrogen and oxygen atoms in total. The van der Waals surface area contributed by atoms with E-state index in [9.17, 15) is 19.5 Å². The maximum atomic E-state index is 13.5. The summed E-state index contributed by atoms with van der Waals surface area (Å²) in [6.45, 7) is 8.10. The quantitative estimate of drug-likeness (QED) is 0.379. The van der Waals surface area contributed by atoms with Crippen LogP contribution in [0.15, 0.2) is 48.7 Å². The fraction of sp³-hybridized carbons (Fsp3) is 0.469. The summed E-state index contributed by atoms with van der Waals surface area (Å²) in [7, 11) is 3.68. The van der Waals surface area contributed by atoms with Gasteiger partial charge >= 0.3 is 6.03 Å². The van der Waals surface area contributed by atoms with E-state index in [0.717, 1.165) is 16.5 Å². The van der Waals surface area contributed by atoms with Crippen LogP contribution < -0.4 is 15.4 Å². The third-order valence-corrected chi connectivity index (χ3v) is 7.74. The lowest BCUT2D eigenvalue weighted by Crippen LogP contribution is -2.49. The second-order valence-electron chi connectivity index (χ2n) is 11.7. The number of hydrogen-bond donors (Lipinski definition) is 3. The van der Waals surface area contributed by atoms with Crippen molar-refractivity contribution in [1.29, 1.82) is 0 Å². The first-order chi connectivity index (χ1) is 20.0. The monoisotopic (exact) mass is 577 g/mol. The minimum atomic E-state index is -0.419. The number of carbonyl (C=O) groups excluding carboxylic acids is 3. The van der Waals surface area contributed by atoms with Crippen molar-refractivity contribution in [2.75, 3.05) is 32.1 Å². The van der Waals surface area contributed by atoms with Crippen LogP contribution >= 0.6 is 0 Å². The summed E-state index contributed by atoms with van der Waals surface area (Å²) in [5, 5.41) is 16.8. The van der Waals surface area contributed by atoms with E-state index in [0.29, 0.717) is 30.1 Å². The molecule has 2 heterocycles. The Morgan fingerprint density at radius 1 is 1.17 bits per heavy atom. The molecule has 0 fully saturated rings. The van der Waals surface area contributed by atoms with Crippen molar-refractivity contribution < 1.29 is 24.2 Å². The zero-order chi connectivity index (χ0) is 30.6. The minimum absolute atomic E-state index is 0.00712. The van der Waals surface area contributed by atoms with Crippen molar-refractivity contribution in [2.24, 2.45) is 13.0 Å². The molecule has 2 aromatic carbocycles. The summed E-state index contributed by atoms with van der Waals surface area (Å²) < 4.78 is 8.50. The number of carbonyl (C=O) groups is 3. The molecule has 0 unspecified atom stereocenters. The van der Waals surface area contributed by atoms with Gasteiger partial charge in [-0.2, -0.15) is 0 Å². The van der Waals surface area contributed by atoms with Crippen molar-refractivity contribution in [3.63, 3.8) is 0 Å². The number of likely N-dealkylation sites (N-methyl/N-ethyl adjacent to an activating group) is 1. The lowest BCUT2D eigenvalue weighted by Gasteiger charge is -2.34. The molecule has 1 aromatic heterocycles. The third-order valence-electron chi connectivity index (χ3n) is 7.74. The van der Waals surface area contributed by atoms with Crippen LogP contribution in [0.3, 0.4) is 0 Å². The number of para-hydroxylation sites is 1. The molecule has 10 heteroatoms. The Morgan fingerprint density at radius 3 is 2.62 bits per heavy atom. The molecule has 0 bridgehead atoms. The number of nitrogens with one attached hydrogen (secondary N) is 2. The van der Waals surface area contributed by atoms with E-state index in [-0.39, 0.29) is 55.3 Å². The molecule has 226 valence electrons. The smallest absolute Gasteiger partial charge is 0.317 e. The predicted molar refractivity (Wildman–Crippen MR) is 164 cm³/mol. The summed E-state index contributed by atoms with van der Waals surface area (Å²) in [4.78, 5) is 42.5. The van der Waals surface area contributed by atoms with Gasteiger partial charge in [0.25, 0.3) is 0 Å². The van der Waals surface area contributed by atoms with Gasteiger partial charge in [0, 0.05) is 61.0 Å². The number of rotatable bonds is 8. The highest BCUT2D eigenvalue weighted by Gasteiger charge is 2.32. The molecule has 3 N–H and O–H groups in total. The van der Waals surface area contributed by atoms with Gasteiger partial charge in [-0.3, -0.25) is 9.59 Å². The van der Waals surface area contributed by atoms with Crippen molar-refractivity contribution >= 4 is 34.4 Å². The second kappa shape index (κ2) is 13.3. The van der Waals surface area contributed by atoms with Gasteiger partial charge in [-0.05, 0) is 50.6 Å². The number of aliphatic hydroxyl groups excluding tert-OH is 1. The normalized spacial score (nSPS) is 18.0. The minimum Gasteiger partial charge on any atom is -0.488 e. The molecule has 3 aromatic rings. The molecular formula is C32H43N5O5. The van der Waals surface area contributed by atoms with Gasteiger partial charge in [0.15, 0.2) is 0 Å². The number of nitrogens with zero attached hydrogens (tertiary/aromatic N) is 3. The Bertz CT molecular complexity index is 1430. The number of benzene rings is 2. The molecule has 0 spiro atoms. The third kappa shape index (κ3) is 7.23. The molecule has 4 rings (SSSR count). The van der Waals surface area contributed by atoms with E-state index in [1.165, 1.54) is 0 Å². The van der Waals surface area contributed by atoms with Crippen LogP contribution in [0, 0.1) is 5.92 Å². The van der Waals surface area contributed by atoms with Crippen LogP contribution in [0.5, 0.6) is 5.75 Å². The fourth-order valence-electron chi connectivity index (χ4n) is 5.38. The molecule has 42 heavy (non-hydrogen) atoms. The van der Waals surface area contributed by atoms with E-state index in [2.05, 4.69) is 10.6 Å². The van der Waals surface area contributed by atoms with E-state index in [4.69, 9.17) is 4.74 Å². The number of urea groups is 1. The zero-order valence-electron chi connectivity index (χ0n) is 25.4. The van der Waals surface area contributed by atoms with Crippen LogP contribution in [0.4, 0.5) is 10.5 Å². The Kier molecular flexibility index (Phi) is 9.78. The SMILES string of the molecule is CC(C)NC(=O)N(C)C[C@H]1Oc2ccc(NC(=O)Cc3cn(C)c4ccccc34)cc2CC(=O)N([C@@H](C)CO)C[C@@H]1C. The number of hydrogen-bond acceptors (Lipinski definition) is 5. The Balaban J connectivity index is 1.58. The standard InChI is InChI=1S/C32H43N5O5/c1-20(2)33-32(41)36(6)18-29-21(3)16-37(22(4)19-38)31(40)15-23-13-25(11-12-28(23)42-29)34-30(39)14-24-17-35(5)27-10-8-7-9-26(24)27/h7-13,17,20-22,29,38H,14-16,18-19H2,1-6H3,(H,33,41)(H,34,39)/t21-,22-,29+/m0/s1. The summed E-state index contributed by atoms with van der Waals surface area (Å²) in [6, 6.07) is 12.7. The van der Waals surface area contributed by atoms with Gasteiger partial charge in [0.1, 0.15) is 11.9 Å². The highest BCUT2D eigenvalue weighted by molar-refractivity contribution is 5.96. The molecule has 0 radical (unpaired) electrons. The Hall–Kier alpha value is -4.05. The molecule has 1 aliphatic heterocycles. The highest BCUT2D eigenvalue weighted by Crippen LogP contribution is 2.29. The largest absolute Gasteiger partial charge is 0.488 e. The predicted octanol–water partition coefficient (Wildman–Crippen LogP) is 3.56. The van der Waals surface area contributed by atoms with Crippen LogP contribution in [0.1, 0.15) is 38.8 Å². The molecule has 0 saturated carbocycles. The summed E-state index contributed by atoms with van der Waals surface area (Å²) >= 11 is 0. The van der Waals surface area contributed by atoms with Gasteiger partial charge in [-0.25, -0.2) is 4.79 Å². The van der Waals surface area contributed by atoms with E-state index in [1.807, 2.05) is 69.8 Å². The second-order valence-corrected chi connectivity index (χ2v) is 11.7. The Morgan fingerprint density at radius 2 is 1.90 bits per heavy atom. The highest BCUT2D eigenvalue weighted by atomic mass is 16.5. The van der Waals surface area contributed by atoms with Crippen molar-refractivity contribution in [3.05, 3.63) is 59.8 Å². The fourth-order valence-corrected chi connectivity index (χ4v) is 5.38. The number of aromatic nitrogens is 1. The topological polar surface area (TPSA) is 116 Å². The maximum absolute atomic E-state index is 13.5. The van der Waals surface area contributed by atoms with E-state index in [1.54, 1.807) is 35.0 Å². The summed E-state index contributed by atoms with van der Waals surface area (Å²) in [5.41, 5.74) is 3.19. The van der Waals surface area contributed by atoms with Gasteiger partial charge in [0.2, 0.25) is 11.8 Å². The Labute approximate surface area is 247 Å². The van der Waals surface area contributed by atoms with Crippen molar-refractivity contribution in [1.82, 2.24) is 19.7 Å². The molecule has 0 aliphatic carbocycles. The van der Waals surface area contributed by atoms with Crippen molar-refractivity contribution in [3.8, 4) is 5.75 Å².